The van der Waals surface area contributed by atoms with Gasteiger partial charge in [0.25, 0.3) is 0 Å². The number of amides is 2. The molecule has 132 valence electrons. The lowest BCUT2D eigenvalue weighted by molar-refractivity contribution is -0.142. The third-order valence-electron chi connectivity index (χ3n) is 3.40. The van der Waals surface area contributed by atoms with Crippen molar-refractivity contribution >= 4 is 18.2 Å². The van der Waals surface area contributed by atoms with Crippen molar-refractivity contribution in [2.45, 2.75) is 65.5 Å². The number of hydrogen-bond acceptors (Lipinski definition) is 5. The zero-order chi connectivity index (χ0) is 17.6. The lowest BCUT2D eigenvalue weighted by Crippen LogP contribution is -2.49. The molecule has 1 heterocycles. The Balaban J connectivity index is 2.60. The van der Waals surface area contributed by atoms with E-state index < -0.39 is 29.8 Å². The van der Waals surface area contributed by atoms with Crippen LogP contribution in [0.25, 0.3) is 0 Å². The first-order valence-electron chi connectivity index (χ1n) is 8.10. The van der Waals surface area contributed by atoms with Gasteiger partial charge in [-0.25, -0.2) is 14.4 Å². The van der Waals surface area contributed by atoms with E-state index in [4.69, 9.17) is 9.47 Å². The van der Waals surface area contributed by atoms with Gasteiger partial charge in [0.15, 0.2) is 0 Å². The first-order valence-corrected chi connectivity index (χ1v) is 8.10. The molecule has 1 fully saturated rings. The third-order valence-corrected chi connectivity index (χ3v) is 3.40. The molecule has 0 aromatic rings. The summed E-state index contributed by atoms with van der Waals surface area (Å²) < 4.78 is 10.1. The van der Waals surface area contributed by atoms with Crippen molar-refractivity contribution in [3.05, 3.63) is 0 Å². The number of ether oxygens (including phenoxy) is 2. The second kappa shape index (κ2) is 8.17. The number of rotatable bonds is 3. The van der Waals surface area contributed by atoms with Crippen LogP contribution in [0.4, 0.5) is 9.59 Å². The molecule has 0 spiro atoms. The number of likely N-dealkylation sites (tertiary alicyclic amines) is 1. The number of esters is 1. The highest BCUT2D eigenvalue weighted by atomic mass is 16.6. The van der Waals surface area contributed by atoms with E-state index in [1.807, 2.05) is 0 Å². The van der Waals surface area contributed by atoms with Crippen molar-refractivity contribution in [3.63, 3.8) is 0 Å². The topological polar surface area (TPSA) is 84.9 Å². The molecule has 1 N–H and O–H groups in total. The van der Waals surface area contributed by atoms with E-state index in [9.17, 15) is 14.4 Å². The summed E-state index contributed by atoms with van der Waals surface area (Å²) in [7, 11) is 0. The average molecular weight is 328 g/mol. The van der Waals surface area contributed by atoms with E-state index in [0.29, 0.717) is 13.1 Å². The van der Waals surface area contributed by atoms with Crippen LogP contribution in [0, 0.1) is 5.92 Å². The number of carbonyl (C=O) groups is 3. The smallest absolute Gasteiger partial charge is 0.417 e. The molecule has 0 bridgehead atoms. The van der Waals surface area contributed by atoms with Gasteiger partial charge < -0.3 is 19.7 Å². The lowest BCUT2D eigenvalue weighted by Gasteiger charge is -2.27. The van der Waals surface area contributed by atoms with E-state index in [2.05, 4.69) is 5.32 Å². The molecule has 7 heteroatoms. The second-order valence-corrected chi connectivity index (χ2v) is 7.10. The molecule has 1 rings (SSSR count). The molecule has 2 amide bonds. The molecule has 0 radical (unpaired) electrons. The zero-order valence-corrected chi connectivity index (χ0v) is 14.7. The molecule has 0 aromatic carbocycles. The van der Waals surface area contributed by atoms with Crippen LogP contribution in [0.2, 0.25) is 0 Å². The van der Waals surface area contributed by atoms with Crippen LogP contribution in [0.5, 0.6) is 0 Å². The average Bonchev–Trinajstić information content (AvgIpc) is 2.43. The maximum absolute atomic E-state index is 12.2. The second-order valence-electron chi connectivity index (χ2n) is 7.10. The van der Waals surface area contributed by atoms with Crippen molar-refractivity contribution in [1.29, 1.82) is 0 Å². The zero-order valence-electron chi connectivity index (χ0n) is 14.7. The standard InChI is InChI=1S/C16H28N2O5/c1-11(2)12(17-14(20)23-16(3,4)5)13(19)22-15(21)18-9-7-6-8-10-18/h11-12H,6-10H2,1-5H3,(H,17,20)/t12-/m0/s1. The van der Waals surface area contributed by atoms with Crippen LogP contribution in [0.3, 0.4) is 0 Å². The summed E-state index contributed by atoms with van der Waals surface area (Å²) in [5.74, 6) is -0.995. The number of nitrogens with one attached hydrogen (secondary N) is 1. The van der Waals surface area contributed by atoms with Gasteiger partial charge >= 0.3 is 18.2 Å². The van der Waals surface area contributed by atoms with Gasteiger partial charge in [-0.15, -0.1) is 0 Å². The minimum Gasteiger partial charge on any atom is -0.444 e. The van der Waals surface area contributed by atoms with Crippen LogP contribution < -0.4 is 5.32 Å². The van der Waals surface area contributed by atoms with Gasteiger partial charge in [0.05, 0.1) is 0 Å². The Morgan fingerprint density at radius 1 is 1.04 bits per heavy atom. The number of piperidine rings is 1. The SMILES string of the molecule is CC(C)[C@H](NC(=O)OC(C)(C)C)C(=O)OC(=O)N1CCCCC1. The summed E-state index contributed by atoms with van der Waals surface area (Å²) >= 11 is 0. The molecule has 1 aliphatic rings. The fourth-order valence-corrected chi connectivity index (χ4v) is 2.22. The summed E-state index contributed by atoms with van der Waals surface area (Å²) in [6.45, 7) is 9.90. The van der Waals surface area contributed by atoms with Crippen LogP contribution in [0.15, 0.2) is 0 Å². The summed E-state index contributed by atoms with van der Waals surface area (Å²) in [5.41, 5.74) is -0.668. The fraction of sp³-hybridized carbons (Fsp3) is 0.812. The molecule has 7 nitrogen and oxygen atoms in total. The highest BCUT2D eigenvalue weighted by Gasteiger charge is 2.31. The normalized spacial score (nSPS) is 16.7. The quantitative estimate of drug-likeness (QED) is 0.636. The number of alkyl carbamates (subject to hydrolysis) is 1. The van der Waals surface area contributed by atoms with E-state index >= 15 is 0 Å². The predicted octanol–water partition coefficient (Wildman–Crippen LogP) is 2.68. The van der Waals surface area contributed by atoms with Gasteiger partial charge in [0, 0.05) is 13.1 Å². The third kappa shape index (κ3) is 6.88. The Bertz CT molecular complexity index is 436. The van der Waals surface area contributed by atoms with Crippen LogP contribution >= 0.6 is 0 Å². The minimum atomic E-state index is -0.932. The van der Waals surface area contributed by atoms with Gasteiger partial charge in [0.2, 0.25) is 0 Å². The molecule has 23 heavy (non-hydrogen) atoms. The molecular formula is C16H28N2O5. The highest BCUT2D eigenvalue weighted by Crippen LogP contribution is 2.13. The van der Waals surface area contributed by atoms with Crippen molar-refractivity contribution in [2.24, 2.45) is 5.92 Å². The fourth-order valence-electron chi connectivity index (χ4n) is 2.22. The summed E-state index contributed by atoms with van der Waals surface area (Å²) in [5, 5.41) is 2.47. The predicted molar refractivity (Wildman–Crippen MR) is 84.9 cm³/mol. The van der Waals surface area contributed by atoms with E-state index in [-0.39, 0.29) is 5.92 Å². The Labute approximate surface area is 137 Å². The van der Waals surface area contributed by atoms with E-state index in [1.165, 1.54) is 4.90 Å². The Hall–Kier alpha value is -1.79. The van der Waals surface area contributed by atoms with Gasteiger partial charge in [-0.3, -0.25) is 0 Å². The minimum absolute atomic E-state index is 0.232. The van der Waals surface area contributed by atoms with Gasteiger partial charge in [-0.05, 0) is 46.0 Å². The number of carbonyl (C=O) groups excluding carboxylic acids is 3. The lowest BCUT2D eigenvalue weighted by atomic mass is 10.1. The monoisotopic (exact) mass is 328 g/mol. The molecule has 1 aliphatic heterocycles. The summed E-state index contributed by atoms with van der Waals surface area (Å²) in [6.07, 6.45) is 1.54. The maximum atomic E-state index is 12.2. The largest absolute Gasteiger partial charge is 0.444 e. The molecule has 0 saturated carbocycles. The number of hydrogen-bond donors (Lipinski definition) is 1. The van der Waals surface area contributed by atoms with Crippen molar-refractivity contribution in [1.82, 2.24) is 10.2 Å². The highest BCUT2D eigenvalue weighted by molar-refractivity contribution is 5.90. The van der Waals surface area contributed by atoms with Gasteiger partial charge in [-0.1, -0.05) is 13.8 Å². The summed E-state index contributed by atoms with van der Waals surface area (Å²) in [4.78, 5) is 37.5. The van der Waals surface area contributed by atoms with Gasteiger partial charge in [0.1, 0.15) is 11.6 Å². The Morgan fingerprint density at radius 3 is 2.09 bits per heavy atom. The Morgan fingerprint density at radius 2 is 1.61 bits per heavy atom. The van der Waals surface area contributed by atoms with Gasteiger partial charge in [-0.2, -0.15) is 0 Å². The first kappa shape index (κ1) is 19.3. The van der Waals surface area contributed by atoms with Crippen LogP contribution in [-0.4, -0.2) is 47.8 Å². The van der Waals surface area contributed by atoms with E-state index in [0.717, 1.165) is 19.3 Å². The molecule has 1 atom stereocenters. The van der Waals surface area contributed by atoms with Crippen molar-refractivity contribution in [2.75, 3.05) is 13.1 Å². The van der Waals surface area contributed by atoms with E-state index in [1.54, 1.807) is 34.6 Å². The first-order chi connectivity index (χ1) is 10.6. The van der Waals surface area contributed by atoms with Crippen molar-refractivity contribution in [3.8, 4) is 0 Å². The van der Waals surface area contributed by atoms with Crippen LogP contribution in [-0.2, 0) is 14.3 Å². The maximum Gasteiger partial charge on any atom is 0.417 e. The number of nitrogens with zero attached hydrogens (tertiary/aromatic N) is 1. The molecule has 0 aromatic heterocycles. The van der Waals surface area contributed by atoms with Crippen LogP contribution in [0.1, 0.15) is 53.9 Å². The molecule has 1 saturated heterocycles. The molecule has 0 unspecified atom stereocenters. The van der Waals surface area contributed by atoms with Crippen molar-refractivity contribution < 1.29 is 23.9 Å². The Kier molecular flexibility index (Phi) is 6.84. The molecular weight excluding hydrogens is 300 g/mol. The molecule has 0 aliphatic carbocycles. The summed E-state index contributed by atoms with van der Waals surface area (Å²) in [6, 6.07) is -0.932.